The van der Waals surface area contributed by atoms with Crippen LogP contribution in [0.1, 0.15) is 33.1 Å². The van der Waals surface area contributed by atoms with E-state index in [0.717, 1.165) is 24.5 Å². The maximum Gasteiger partial charge on any atom is 0.311 e. The summed E-state index contributed by atoms with van der Waals surface area (Å²) in [5.41, 5.74) is 1.88. The van der Waals surface area contributed by atoms with Crippen LogP contribution in [0.4, 0.5) is 11.4 Å². The predicted octanol–water partition coefficient (Wildman–Crippen LogP) is 3.01. The molecule has 9 heteroatoms. The zero-order chi connectivity index (χ0) is 26.9. The quantitative estimate of drug-likeness (QED) is 0.309. The third kappa shape index (κ3) is 4.43. The van der Waals surface area contributed by atoms with Crippen LogP contribution in [0.3, 0.4) is 0 Å². The molecule has 1 aromatic rings. The highest BCUT2D eigenvalue weighted by molar-refractivity contribution is 8.02. The van der Waals surface area contributed by atoms with Crippen LogP contribution in [0.15, 0.2) is 48.6 Å². The van der Waals surface area contributed by atoms with Crippen molar-refractivity contribution in [3.8, 4) is 0 Å². The molecule has 0 bridgehead atoms. The highest BCUT2D eigenvalue weighted by Crippen LogP contribution is 2.60. The number of aliphatic hydroxyl groups is 1. The molecule has 0 radical (unpaired) electrons. The molecule has 5 rings (SSSR count). The third-order valence-electron chi connectivity index (χ3n) is 8.22. The molecule has 5 atom stereocenters. The van der Waals surface area contributed by atoms with Crippen molar-refractivity contribution in [2.75, 3.05) is 49.2 Å². The van der Waals surface area contributed by atoms with E-state index in [0.29, 0.717) is 39.0 Å². The summed E-state index contributed by atoms with van der Waals surface area (Å²) >= 11 is 1.56. The van der Waals surface area contributed by atoms with Crippen LogP contribution in [-0.4, -0.2) is 83.2 Å². The lowest BCUT2D eigenvalue weighted by atomic mass is 9.78. The molecule has 204 valence electrons. The first kappa shape index (κ1) is 26.8. The highest BCUT2D eigenvalue weighted by atomic mass is 32.2. The Morgan fingerprint density at radius 2 is 1.84 bits per heavy atom. The molecule has 0 saturated carbocycles. The van der Waals surface area contributed by atoms with Gasteiger partial charge in [0.15, 0.2) is 0 Å². The van der Waals surface area contributed by atoms with Gasteiger partial charge in [0.05, 0.1) is 23.2 Å². The SMILES string of the molecule is CCN(CC)c1ccc(N2CC=C[C@]34S[C@H]5C=CCCOC(=O)[C@H]5[C@H]3C(=O)N(CCCCO)C4C2=O)cc1. The number of ether oxygens (including phenoxy) is 1. The van der Waals surface area contributed by atoms with Gasteiger partial charge in [-0.3, -0.25) is 14.4 Å². The second kappa shape index (κ2) is 11.1. The maximum absolute atomic E-state index is 14.4. The lowest BCUT2D eigenvalue weighted by Gasteiger charge is -2.35. The maximum atomic E-state index is 14.4. The van der Waals surface area contributed by atoms with Gasteiger partial charge in [0.25, 0.3) is 5.91 Å². The van der Waals surface area contributed by atoms with Gasteiger partial charge in [-0.05, 0) is 57.4 Å². The summed E-state index contributed by atoms with van der Waals surface area (Å²) < 4.78 is 4.68. The summed E-state index contributed by atoms with van der Waals surface area (Å²) in [7, 11) is 0. The number of fused-ring (bicyclic) bond motifs is 2. The zero-order valence-corrected chi connectivity index (χ0v) is 22.9. The molecule has 8 nitrogen and oxygen atoms in total. The molecule has 1 aromatic carbocycles. The van der Waals surface area contributed by atoms with Gasteiger partial charge in [-0.15, -0.1) is 11.8 Å². The number of carbonyl (C=O) groups is 3. The fourth-order valence-electron chi connectivity index (χ4n) is 6.40. The van der Waals surface area contributed by atoms with Gasteiger partial charge in [0.1, 0.15) is 6.04 Å². The van der Waals surface area contributed by atoms with Crippen molar-refractivity contribution in [2.24, 2.45) is 11.8 Å². The summed E-state index contributed by atoms with van der Waals surface area (Å²) in [6.45, 7) is 7.10. The highest BCUT2D eigenvalue weighted by Gasteiger charge is 2.70. The molecule has 0 aromatic heterocycles. The molecule has 38 heavy (non-hydrogen) atoms. The molecule has 1 N–H and O–H groups in total. The largest absolute Gasteiger partial charge is 0.465 e. The van der Waals surface area contributed by atoms with E-state index in [1.807, 2.05) is 48.6 Å². The van der Waals surface area contributed by atoms with E-state index in [4.69, 9.17) is 4.74 Å². The van der Waals surface area contributed by atoms with Crippen molar-refractivity contribution in [3.05, 3.63) is 48.6 Å². The number of unbranched alkanes of at least 4 members (excludes halogenated alkanes) is 1. The number of aliphatic hydroxyl groups excluding tert-OH is 1. The number of nitrogens with zero attached hydrogens (tertiary/aromatic N) is 3. The summed E-state index contributed by atoms with van der Waals surface area (Å²) in [4.78, 5) is 47.3. The summed E-state index contributed by atoms with van der Waals surface area (Å²) in [5.74, 6) is -1.96. The first-order valence-electron chi connectivity index (χ1n) is 13.7. The lowest BCUT2D eigenvalue weighted by molar-refractivity contribution is -0.153. The van der Waals surface area contributed by atoms with E-state index < -0.39 is 22.6 Å². The topological polar surface area (TPSA) is 90.4 Å². The van der Waals surface area contributed by atoms with Gasteiger partial charge in [-0.25, -0.2) is 0 Å². The van der Waals surface area contributed by atoms with Crippen molar-refractivity contribution in [2.45, 2.75) is 49.1 Å². The van der Waals surface area contributed by atoms with E-state index >= 15 is 0 Å². The van der Waals surface area contributed by atoms with E-state index in [1.54, 1.807) is 21.6 Å². The van der Waals surface area contributed by atoms with E-state index in [9.17, 15) is 19.5 Å². The van der Waals surface area contributed by atoms with Crippen LogP contribution in [0.5, 0.6) is 0 Å². The minimum Gasteiger partial charge on any atom is -0.465 e. The molecule has 4 heterocycles. The minimum absolute atomic E-state index is 0.0245. The van der Waals surface area contributed by atoms with E-state index in [-0.39, 0.29) is 29.6 Å². The van der Waals surface area contributed by atoms with Gasteiger partial charge in [-0.2, -0.15) is 0 Å². The molecule has 0 aliphatic carbocycles. The van der Waals surface area contributed by atoms with Gasteiger partial charge >= 0.3 is 5.97 Å². The number of hydrogen-bond donors (Lipinski definition) is 1. The minimum atomic E-state index is -0.855. The Labute approximate surface area is 228 Å². The Morgan fingerprint density at radius 1 is 1.08 bits per heavy atom. The molecule has 2 saturated heterocycles. The Balaban J connectivity index is 1.53. The smallest absolute Gasteiger partial charge is 0.311 e. The third-order valence-corrected chi connectivity index (χ3v) is 9.96. The van der Waals surface area contributed by atoms with Crippen LogP contribution in [0, 0.1) is 11.8 Å². The van der Waals surface area contributed by atoms with Crippen LogP contribution >= 0.6 is 11.8 Å². The number of carbonyl (C=O) groups excluding carboxylic acids is 3. The number of amides is 2. The first-order chi connectivity index (χ1) is 18.5. The zero-order valence-electron chi connectivity index (χ0n) is 22.1. The molecular formula is C29H37N3O5S. The Morgan fingerprint density at radius 3 is 2.55 bits per heavy atom. The number of likely N-dealkylation sites (tertiary alicyclic amines) is 1. The molecule has 2 fully saturated rings. The van der Waals surface area contributed by atoms with Crippen molar-refractivity contribution in [3.63, 3.8) is 0 Å². The van der Waals surface area contributed by atoms with Crippen molar-refractivity contribution < 1.29 is 24.2 Å². The average molecular weight is 540 g/mol. The number of esters is 1. The fourth-order valence-corrected chi connectivity index (χ4v) is 8.41. The predicted molar refractivity (Wildman–Crippen MR) is 149 cm³/mol. The molecule has 1 spiro atoms. The second-order valence-corrected chi connectivity index (χ2v) is 11.7. The average Bonchev–Trinajstić information content (AvgIpc) is 3.28. The number of benzene rings is 1. The number of hydrogen-bond acceptors (Lipinski definition) is 7. The van der Waals surface area contributed by atoms with Gasteiger partial charge < -0.3 is 24.5 Å². The molecule has 2 amide bonds. The van der Waals surface area contributed by atoms with Crippen molar-refractivity contribution in [1.29, 1.82) is 0 Å². The van der Waals surface area contributed by atoms with Crippen LogP contribution in [0.2, 0.25) is 0 Å². The van der Waals surface area contributed by atoms with Gasteiger partial charge in [0.2, 0.25) is 5.91 Å². The number of rotatable bonds is 8. The van der Waals surface area contributed by atoms with Crippen LogP contribution < -0.4 is 9.80 Å². The number of thioether (sulfide) groups is 1. The van der Waals surface area contributed by atoms with Crippen LogP contribution in [0.25, 0.3) is 0 Å². The Kier molecular flexibility index (Phi) is 7.86. The normalized spacial score (nSPS) is 30.3. The number of anilines is 2. The van der Waals surface area contributed by atoms with Gasteiger partial charge in [0, 0.05) is 49.4 Å². The van der Waals surface area contributed by atoms with Gasteiger partial charge in [-0.1, -0.05) is 24.3 Å². The van der Waals surface area contributed by atoms with Crippen molar-refractivity contribution in [1.82, 2.24) is 4.90 Å². The molecule has 4 aliphatic rings. The lowest BCUT2D eigenvalue weighted by Crippen LogP contribution is -2.53. The van der Waals surface area contributed by atoms with E-state index in [1.165, 1.54) is 0 Å². The summed E-state index contributed by atoms with van der Waals surface area (Å²) in [5, 5.41) is 9.14. The van der Waals surface area contributed by atoms with Crippen LogP contribution in [-0.2, 0) is 19.1 Å². The first-order valence-corrected chi connectivity index (χ1v) is 14.6. The van der Waals surface area contributed by atoms with E-state index in [2.05, 4.69) is 18.7 Å². The Hall–Kier alpha value is -2.78. The fraction of sp³-hybridized carbons (Fsp3) is 0.552. The molecular weight excluding hydrogens is 502 g/mol. The second-order valence-electron chi connectivity index (χ2n) is 10.2. The molecule has 4 aliphatic heterocycles. The number of cyclic esters (lactones) is 1. The monoisotopic (exact) mass is 539 g/mol. The Bertz CT molecular complexity index is 1120. The summed E-state index contributed by atoms with van der Waals surface area (Å²) in [6.07, 6.45) is 9.80. The standard InChI is InChI=1S/C29H37N3O5S/c1-3-30(4-2)20-11-13-21(14-12-20)31-17-9-15-29-24(23-22(38-29)10-5-8-19-37-28(23)36)26(34)32(16-6-7-18-33)25(29)27(31)35/h5,9-15,22-25,33H,3-4,6-8,16-19H2,1-2H3/t22-,23+,24-,25?,29-/m0/s1. The molecule has 1 unspecified atom stereocenters. The summed E-state index contributed by atoms with van der Waals surface area (Å²) in [6, 6.07) is 7.28. The van der Waals surface area contributed by atoms with Crippen molar-refractivity contribution >= 4 is 40.9 Å².